The molecule has 1 aromatic heterocycles. The number of piperidine rings is 1. The summed E-state index contributed by atoms with van der Waals surface area (Å²) in [5.41, 5.74) is 6.02. The van der Waals surface area contributed by atoms with E-state index in [-0.39, 0.29) is 23.7 Å². The maximum atomic E-state index is 13.7. The van der Waals surface area contributed by atoms with Crippen molar-refractivity contribution in [3.05, 3.63) is 42.7 Å². The van der Waals surface area contributed by atoms with Crippen molar-refractivity contribution in [3.63, 3.8) is 0 Å². The molecule has 30 heavy (non-hydrogen) atoms. The van der Waals surface area contributed by atoms with E-state index in [1.54, 1.807) is 17.0 Å². The number of thiazole rings is 1. The summed E-state index contributed by atoms with van der Waals surface area (Å²) in [6.45, 7) is 9.74. The minimum Gasteiger partial charge on any atom is -0.369 e. The Labute approximate surface area is 179 Å². The van der Waals surface area contributed by atoms with Crippen LogP contribution in [0.5, 0.6) is 0 Å². The van der Waals surface area contributed by atoms with E-state index in [1.807, 2.05) is 13.8 Å². The van der Waals surface area contributed by atoms with Crippen LogP contribution in [-0.4, -0.2) is 46.9 Å². The number of aromatic nitrogens is 1. The summed E-state index contributed by atoms with van der Waals surface area (Å²) in [6.07, 6.45) is 1.96. The molecule has 1 saturated heterocycles. The number of likely N-dealkylation sites (tertiary alicyclic amines) is 1. The van der Waals surface area contributed by atoms with Gasteiger partial charge in [-0.3, -0.25) is 9.59 Å². The molecule has 4 rings (SSSR count). The second-order valence-electron chi connectivity index (χ2n) is 8.00. The molecule has 1 saturated carbocycles. The average Bonchev–Trinajstić information content (AvgIpc) is 3.42. The quantitative estimate of drug-likeness (QED) is 0.763. The van der Waals surface area contributed by atoms with Crippen molar-refractivity contribution in [3.8, 4) is 10.4 Å². The zero-order valence-electron chi connectivity index (χ0n) is 17.2. The van der Waals surface area contributed by atoms with Crippen LogP contribution in [0.15, 0.2) is 24.3 Å². The molecular weight excluding hydrogens is 403 g/mol. The number of primary amides is 1. The number of hydrogen-bond acceptors (Lipinski definition) is 5. The highest BCUT2D eigenvalue weighted by Gasteiger charge is 2.60. The van der Waals surface area contributed by atoms with Gasteiger partial charge in [0.05, 0.1) is 10.3 Å². The summed E-state index contributed by atoms with van der Waals surface area (Å²) in [5.74, 6) is -0.962. The molecule has 2 bridgehead atoms. The van der Waals surface area contributed by atoms with E-state index in [9.17, 15) is 14.0 Å². The molecule has 2 amide bonds. The molecule has 3 atom stereocenters. The van der Waals surface area contributed by atoms with Gasteiger partial charge < -0.3 is 15.5 Å². The second-order valence-corrected chi connectivity index (χ2v) is 8.98. The highest BCUT2D eigenvalue weighted by Crippen LogP contribution is 2.52. The first-order valence-electron chi connectivity index (χ1n) is 10.3. The third-order valence-corrected chi connectivity index (χ3v) is 7.74. The number of carbonyl (C=O) groups excluding carboxylic acids is 2. The molecule has 0 unspecified atom stereocenters. The lowest BCUT2D eigenvalue weighted by atomic mass is 9.80. The SMILES string of the molecule is [CH2][C@H]1N(C(=O)c2nc(N(CC)CC)sc2-c2ccc(F)cc2)[C@H]2CC[C@@]1(C(N)=O)C2. The highest BCUT2D eigenvalue weighted by molar-refractivity contribution is 7.19. The number of anilines is 1. The predicted molar refractivity (Wildman–Crippen MR) is 116 cm³/mol. The molecule has 1 radical (unpaired) electrons. The van der Waals surface area contributed by atoms with Crippen molar-refractivity contribution in [2.75, 3.05) is 18.0 Å². The van der Waals surface area contributed by atoms with Crippen LogP contribution < -0.4 is 10.6 Å². The Morgan fingerprint density at radius 2 is 2.00 bits per heavy atom. The van der Waals surface area contributed by atoms with E-state index in [2.05, 4.69) is 11.8 Å². The number of nitrogens with zero attached hydrogens (tertiary/aromatic N) is 3. The van der Waals surface area contributed by atoms with Crippen LogP contribution in [0.4, 0.5) is 9.52 Å². The Kier molecular flexibility index (Phi) is 5.30. The number of fused-ring (bicyclic) bond motifs is 2. The highest BCUT2D eigenvalue weighted by atomic mass is 32.1. The van der Waals surface area contributed by atoms with E-state index in [4.69, 9.17) is 10.7 Å². The van der Waals surface area contributed by atoms with Gasteiger partial charge >= 0.3 is 0 Å². The zero-order chi connectivity index (χ0) is 21.6. The predicted octanol–water partition coefficient (Wildman–Crippen LogP) is 3.48. The largest absolute Gasteiger partial charge is 0.369 e. The topological polar surface area (TPSA) is 79.5 Å². The molecule has 6 nitrogen and oxygen atoms in total. The van der Waals surface area contributed by atoms with Crippen LogP contribution >= 0.6 is 11.3 Å². The summed E-state index contributed by atoms with van der Waals surface area (Å²) in [4.78, 5) is 35.0. The summed E-state index contributed by atoms with van der Waals surface area (Å²) < 4.78 is 13.5. The van der Waals surface area contributed by atoms with Crippen LogP contribution in [-0.2, 0) is 4.79 Å². The molecular formula is C22H26FN4O2S. The van der Waals surface area contributed by atoms with Crippen LogP contribution in [0, 0.1) is 18.2 Å². The lowest BCUT2D eigenvalue weighted by molar-refractivity contribution is -0.128. The van der Waals surface area contributed by atoms with E-state index < -0.39 is 11.5 Å². The Balaban J connectivity index is 1.77. The molecule has 2 N–H and O–H groups in total. The summed E-state index contributed by atoms with van der Waals surface area (Å²) in [5, 5.41) is 0.747. The molecule has 1 aliphatic carbocycles. The van der Waals surface area contributed by atoms with Crippen molar-refractivity contribution < 1.29 is 14.0 Å². The number of hydrogen-bond donors (Lipinski definition) is 1. The lowest BCUT2D eigenvalue weighted by Crippen LogP contribution is -2.51. The van der Waals surface area contributed by atoms with Gasteiger partial charge in [0.15, 0.2) is 5.13 Å². The molecule has 2 fully saturated rings. The fourth-order valence-corrected chi connectivity index (χ4v) is 6.00. The van der Waals surface area contributed by atoms with Gasteiger partial charge in [-0.2, -0.15) is 0 Å². The van der Waals surface area contributed by atoms with Crippen molar-refractivity contribution in [1.29, 1.82) is 0 Å². The fourth-order valence-electron chi connectivity index (χ4n) is 4.81. The molecule has 8 heteroatoms. The third kappa shape index (κ3) is 3.09. The summed E-state index contributed by atoms with van der Waals surface area (Å²) in [7, 11) is 0. The molecule has 2 aromatic rings. The van der Waals surface area contributed by atoms with E-state index in [0.29, 0.717) is 23.4 Å². The molecule has 2 aliphatic rings. The Bertz CT molecular complexity index is 972. The number of halogens is 1. The first-order chi connectivity index (χ1) is 14.3. The Hall–Kier alpha value is -2.48. The zero-order valence-corrected chi connectivity index (χ0v) is 18.0. The molecule has 1 aromatic carbocycles. The molecule has 159 valence electrons. The number of carbonyl (C=O) groups is 2. The summed E-state index contributed by atoms with van der Waals surface area (Å²) >= 11 is 1.42. The first kappa shape index (κ1) is 20.8. The number of rotatable bonds is 6. The monoisotopic (exact) mass is 429 g/mol. The van der Waals surface area contributed by atoms with Crippen molar-refractivity contribution in [2.45, 2.75) is 45.2 Å². The number of benzene rings is 1. The van der Waals surface area contributed by atoms with Gasteiger partial charge in [0, 0.05) is 25.2 Å². The Morgan fingerprint density at radius 3 is 2.57 bits per heavy atom. The summed E-state index contributed by atoms with van der Waals surface area (Å²) in [6, 6.07) is 5.51. The van der Waals surface area contributed by atoms with Gasteiger partial charge in [-0.05, 0) is 57.7 Å². The van der Waals surface area contributed by atoms with Gasteiger partial charge in [-0.15, -0.1) is 0 Å². The number of nitrogens with two attached hydrogens (primary N) is 1. The van der Waals surface area contributed by atoms with Gasteiger partial charge in [0.2, 0.25) is 5.91 Å². The standard InChI is InChI=1S/C22H26FN4O2S/c1-4-26(5-2)21-25-17(18(30-21)14-6-8-15(23)9-7-14)19(28)27-13(3)22(20(24)29)11-10-16(27)12-22/h6-9,13,16H,3-5,10-12H2,1-2H3,(H2,24,29)/t13-,16+,22-/m1/s1. The number of amides is 2. The average molecular weight is 430 g/mol. The van der Waals surface area contributed by atoms with E-state index >= 15 is 0 Å². The van der Waals surface area contributed by atoms with Crippen molar-refractivity contribution in [1.82, 2.24) is 9.88 Å². The lowest BCUT2D eigenvalue weighted by Gasteiger charge is -2.37. The van der Waals surface area contributed by atoms with Crippen LogP contribution in [0.25, 0.3) is 10.4 Å². The molecule has 0 spiro atoms. The van der Waals surface area contributed by atoms with E-state index in [0.717, 1.165) is 30.2 Å². The maximum Gasteiger partial charge on any atom is 0.274 e. The van der Waals surface area contributed by atoms with Crippen molar-refractivity contribution in [2.24, 2.45) is 11.1 Å². The Morgan fingerprint density at radius 1 is 1.33 bits per heavy atom. The normalized spacial score (nSPS) is 25.0. The van der Waals surface area contributed by atoms with Crippen LogP contribution in [0.1, 0.15) is 43.6 Å². The van der Waals surface area contributed by atoms with Crippen LogP contribution in [0.2, 0.25) is 0 Å². The van der Waals surface area contributed by atoms with Crippen molar-refractivity contribution >= 4 is 28.3 Å². The van der Waals surface area contributed by atoms with Crippen LogP contribution in [0.3, 0.4) is 0 Å². The second kappa shape index (κ2) is 7.65. The first-order valence-corrected chi connectivity index (χ1v) is 11.1. The van der Waals surface area contributed by atoms with Gasteiger partial charge in [-0.1, -0.05) is 23.5 Å². The third-order valence-electron chi connectivity index (χ3n) is 6.57. The van der Waals surface area contributed by atoms with Gasteiger partial charge in [-0.25, -0.2) is 9.37 Å². The molecule has 1 aliphatic heterocycles. The maximum absolute atomic E-state index is 13.7. The van der Waals surface area contributed by atoms with Gasteiger partial charge in [0.1, 0.15) is 11.5 Å². The fraction of sp³-hybridized carbons (Fsp3) is 0.455. The minimum atomic E-state index is -0.756. The van der Waals surface area contributed by atoms with Gasteiger partial charge in [0.25, 0.3) is 5.91 Å². The molecule has 2 heterocycles. The smallest absolute Gasteiger partial charge is 0.274 e. The minimum absolute atomic E-state index is 0.0628. The van der Waals surface area contributed by atoms with E-state index in [1.165, 1.54) is 23.5 Å².